The second-order valence-electron chi connectivity index (χ2n) is 10.2. The van der Waals surface area contributed by atoms with Gasteiger partial charge in [-0.15, -0.1) is 10.2 Å². The molecule has 2 aromatic heterocycles. The van der Waals surface area contributed by atoms with Crippen molar-refractivity contribution in [1.82, 2.24) is 25.0 Å². The Morgan fingerprint density at radius 3 is 2.60 bits per heavy atom. The lowest BCUT2D eigenvalue weighted by Crippen LogP contribution is -2.33. The summed E-state index contributed by atoms with van der Waals surface area (Å²) in [7, 11) is 0. The van der Waals surface area contributed by atoms with Crippen LogP contribution in [0, 0.1) is 19.8 Å². The molecule has 4 rings (SSSR count). The third-order valence-electron chi connectivity index (χ3n) is 6.36. The third-order valence-corrected chi connectivity index (χ3v) is 6.36. The average Bonchev–Trinajstić information content (AvgIpc) is 3.39. The summed E-state index contributed by atoms with van der Waals surface area (Å²) < 4.78 is 7.68. The molecule has 0 fully saturated rings. The summed E-state index contributed by atoms with van der Waals surface area (Å²) in [5.74, 6) is 3.08. The fourth-order valence-electron chi connectivity index (χ4n) is 4.87. The maximum Gasteiger partial charge on any atom is 0.251 e. The van der Waals surface area contributed by atoms with Crippen molar-refractivity contribution < 1.29 is 9.21 Å². The summed E-state index contributed by atoms with van der Waals surface area (Å²) in [6.07, 6.45) is 5.44. The number of fused-ring (bicyclic) bond motifs is 1. The minimum Gasteiger partial charge on any atom is -0.465 e. The first-order valence-corrected chi connectivity index (χ1v) is 12.5. The lowest BCUT2D eigenvalue weighted by atomic mass is 10.0. The number of furan rings is 1. The van der Waals surface area contributed by atoms with E-state index in [9.17, 15) is 4.79 Å². The van der Waals surface area contributed by atoms with Gasteiger partial charge in [0.15, 0.2) is 5.82 Å². The minimum atomic E-state index is -0.184. The van der Waals surface area contributed by atoms with Gasteiger partial charge >= 0.3 is 0 Å². The highest BCUT2D eigenvalue weighted by atomic mass is 16.3. The minimum absolute atomic E-state index is 0.0614. The van der Waals surface area contributed by atoms with E-state index in [4.69, 9.17) is 4.42 Å². The van der Waals surface area contributed by atoms with Crippen LogP contribution in [-0.4, -0.2) is 45.2 Å². The molecular formula is C28H37N5O2. The van der Waals surface area contributed by atoms with Crippen molar-refractivity contribution in [2.45, 2.75) is 60.0 Å². The van der Waals surface area contributed by atoms with Crippen molar-refractivity contribution in [2.75, 3.05) is 19.6 Å². The van der Waals surface area contributed by atoms with Crippen molar-refractivity contribution in [3.8, 4) is 0 Å². The fourth-order valence-corrected chi connectivity index (χ4v) is 4.87. The van der Waals surface area contributed by atoms with Gasteiger partial charge in [-0.25, -0.2) is 0 Å². The number of benzene rings is 1. The maximum absolute atomic E-state index is 13.2. The lowest BCUT2D eigenvalue weighted by Gasteiger charge is -2.22. The first-order valence-electron chi connectivity index (χ1n) is 12.5. The average molecular weight is 476 g/mol. The number of carbonyl (C=O) groups is 1. The Bertz CT molecular complexity index is 1160. The fraction of sp³-hybridized carbons (Fsp3) is 0.464. The summed E-state index contributed by atoms with van der Waals surface area (Å²) in [5, 5.41) is 12.4. The molecule has 0 aliphatic carbocycles. The van der Waals surface area contributed by atoms with Gasteiger partial charge in [0.2, 0.25) is 0 Å². The number of hydrogen-bond acceptors (Lipinski definition) is 5. The Balaban J connectivity index is 1.49. The highest BCUT2D eigenvalue weighted by Gasteiger charge is 2.26. The first kappa shape index (κ1) is 24.9. The van der Waals surface area contributed by atoms with Crippen LogP contribution < -0.4 is 5.32 Å². The molecule has 3 aromatic rings. The predicted octanol–water partition coefficient (Wildman–Crippen LogP) is 4.97. The Labute approximate surface area is 208 Å². The van der Waals surface area contributed by atoms with Gasteiger partial charge < -0.3 is 14.3 Å². The van der Waals surface area contributed by atoms with E-state index in [2.05, 4.69) is 57.9 Å². The zero-order chi connectivity index (χ0) is 24.9. The van der Waals surface area contributed by atoms with Crippen LogP contribution in [0.1, 0.15) is 72.1 Å². The maximum atomic E-state index is 13.2. The van der Waals surface area contributed by atoms with Gasteiger partial charge in [-0.3, -0.25) is 9.69 Å². The lowest BCUT2D eigenvalue weighted by molar-refractivity contribution is 0.0928. The summed E-state index contributed by atoms with van der Waals surface area (Å²) in [6.45, 7) is 14.0. The molecule has 1 aliphatic heterocycles. The summed E-state index contributed by atoms with van der Waals surface area (Å²) in [4.78, 5) is 15.6. The SMILES string of the molecule is C/C(=C\c1ccco1)CN1CCc2nnc([C@@H](CC(C)C)NC(=O)c3cc(C)cc(C)c3)n2CC1. The Morgan fingerprint density at radius 2 is 1.91 bits per heavy atom. The molecule has 0 saturated heterocycles. The molecule has 1 N–H and O–H groups in total. The molecule has 3 heterocycles. The van der Waals surface area contributed by atoms with Gasteiger partial charge in [0.05, 0.1) is 12.3 Å². The van der Waals surface area contributed by atoms with Crippen LogP contribution in [0.5, 0.6) is 0 Å². The normalized spacial score (nSPS) is 15.7. The van der Waals surface area contributed by atoms with E-state index in [0.717, 1.165) is 67.6 Å². The molecule has 1 amide bonds. The van der Waals surface area contributed by atoms with Crippen molar-refractivity contribution in [1.29, 1.82) is 0 Å². The number of amides is 1. The quantitative estimate of drug-likeness (QED) is 0.498. The first-order chi connectivity index (χ1) is 16.8. The van der Waals surface area contributed by atoms with Gasteiger partial charge in [0, 0.05) is 38.2 Å². The van der Waals surface area contributed by atoms with Crippen LogP contribution in [0.3, 0.4) is 0 Å². The van der Waals surface area contributed by atoms with Gasteiger partial charge in [-0.2, -0.15) is 0 Å². The number of aromatic nitrogens is 3. The molecule has 7 heteroatoms. The van der Waals surface area contributed by atoms with Gasteiger partial charge in [0.25, 0.3) is 5.91 Å². The molecule has 0 bridgehead atoms. The van der Waals surface area contributed by atoms with E-state index >= 15 is 0 Å². The van der Waals surface area contributed by atoms with E-state index in [0.29, 0.717) is 11.5 Å². The van der Waals surface area contributed by atoms with E-state index in [-0.39, 0.29) is 11.9 Å². The van der Waals surface area contributed by atoms with E-state index in [1.54, 1.807) is 6.26 Å². The zero-order valence-electron chi connectivity index (χ0n) is 21.5. The standard InChI is InChI=1S/C28H37N5O2/c1-19(2)13-25(29-28(34)23-15-20(3)14-21(4)16-23)27-31-30-26-8-9-32(10-11-33(26)27)18-22(5)17-24-7-6-12-35-24/h6-7,12,14-17,19,25H,8-11,13,18H2,1-5H3,(H,29,34)/b22-17+/t25-/m1/s1. The number of carbonyl (C=O) groups excluding carboxylic acids is 1. The Kier molecular flexibility index (Phi) is 7.86. The summed E-state index contributed by atoms with van der Waals surface area (Å²) in [5.41, 5.74) is 4.12. The molecule has 7 nitrogen and oxygen atoms in total. The number of rotatable bonds is 8. The van der Waals surface area contributed by atoms with Crippen molar-refractivity contribution in [2.24, 2.45) is 5.92 Å². The summed E-state index contributed by atoms with van der Waals surface area (Å²) >= 11 is 0. The van der Waals surface area contributed by atoms with Crippen molar-refractivity contribution >= 4 is 12.0 Å². The largest absolute Gasteiger partial charge is 0.465 e. The number of hydrogen-bond donors (Lipinski definition) is 1. The topological polar surface area (TPSA) is 76.2 Å². The molecular weight excluding hydrogens is 438 g/mol. The van der Waals surface area contributed by atoms with Gasteiger partial charge in [0.1, 0.15) is 11.6 Å². The molecule has 1 aliphatic rings. The van der Waals surface area contributed by atoms with Crippen molar-refractivity contribution in [3.63, 3.8) is 0 Å². The van der Waals surface area contributed by atoms with Gasteiger partial charge in [-0.1, -0.05) is 36.6 Å². The Hall–Kier alpha value is -3.19. The molecule has 0 radical (unpaired) electrons. The van der Waals surface area contributed by atoms with E-state index < -0.39 is 0 Å². The van der Waals surface area contributed by atoms with Crippen LogP contribution in [-0.2, 0) is 13.0 Å². The molecule has 0 unspecified atom stereocenters. The van der Waals surface area contributed by atoms with Crippen LogP contribution in [0.2, 0.25) is 0 Å². The Morgan fingerprint density at radius 1 is 1.14 bits per heavy atom. The second-order valence-corrected chi connectivity index (χ2v) is 10.2. The monoisotopic (exact) mass is 475 g/mol. The molecule has 0 spiro atoms. The highest BCUT2D eigenvalue weighted by Crippen LogP contribution is 2.23. The smallest absolute Gasteiger partial charge is 0.251 e. The second kappa shape index (κ2) is 11.0. The van der Waals surface area contributed by atoms with Crippen LogP contribution in [0.15, 0.2) is 46.6 Å². The van der Waals surface area contributed by atoms with Crippen LogP contribution in [0.4, 0.5) is 0 Å². The van der Waals surface area contributed by atoms with Gasteiger partial charge in [-0.05, 0) is 63.5 Å². The zero-order valence-corrected chi connectivity index (χ0v) is 21.5. The molecule has 1 atom stereocenters. The molecule has 186 valence electrons. The molecule has 35 heavy (non-hydrogen) atoms. The third kappa shape index (κ3) is 6.48. The summed E-state index contributed by atoms with van der Waals surface area (Å²) in [6, 6.07) is 9.66. The van der Waals surface area contributed by atoms with E-state index in [1.165, 1.54) is 5.57 Å². The van der Waals surface area contributed by atoms with E-state index in [1.807, 2.05) is 38.1 Å². The number of nitrogens with one attached hydrogen (secondary N) is 1. The molecule has 0 saturated carbocycles. The van der Waals surface area contributed by atoms with Crippen LogP contribution >= 0.6 is 0 Å². The number of aryl methyl sites for hydroxylation is 2. The van der Waals surface area contributed by atoms with Crippen molar-refractivity contribution in [3.05, 3.63) is 76.3 Å². The number of nitrogens with zero attached hydrogens (tertiary/aromatic N) is 4. The highest BCUT2D eigenvalue weighted by molar-refractivity contribution is 5.94. The molecule has 1 aromatic carbocycles. The van der Waals surface area contributed by atoms with Crippen LogP contribution in [0.25, 0.3) is 6.08 Å². The predicted molar refractivity (Wildman–Crippen MR) is 138 cm³/mol.